The van der Waals surface area contributed by atoms with Crippen LogP contribution in [0.15, 0.2) is 30.5 Å². The molecule has 0 fully saturated rings. The van der Waals surface area contributed by atoms with Gasteiger partial charge in [0.05, 0.1) is 0 Å². The number of aryl methyl sites for hydroxylation is 1. The molecule has 0 unspecified atom stereocenters. The van der Waals surface area contributed by atoms with Crippen molar-refractivity contribution >= 4 is 10.9 Å². The van der Waals surface area contributed by atoms with E-state index in [1.54, 1.807) is 0 Å². The number of para-hydroxylation sites is 1. The number of aromatic nitrogens is 1. The second kappa shape index (κ2) is 2.88. The first-order valence-corrected chi connectivity index (χ1v) is 5.07. The summed E-state index contributed by atoms with van der Waals surface area (Å²) < 4.78 is 2.34. The molecule has 0 aliphatic carbocycles. The molecule has 2 rings (SSSR count). The summed E-state index contributed by atoms with van der Waals surface area (Å²) in [7, 11) is 0. The summed E-state index contributed by atoms with van der Waals surface area (Å²) in [6.07, 6.45) is 2.24. The van der Waals surface area contributed by atoms with E-state index in [0.29, 0.717) is 0 Å². The summed E-state index contributed by atoms with van der Waals surface area (Å²) in [5.74, 6) is 0. The maximum Gasteiger partial charge on any atom is 0.0487 e. The van der Waals surface area contributed by atoms with Gasteiger partial charge >= 0.3 is 0 Å². The highest BCUT2D eigenvalue weighted by Gasteiger charge is 2.15. The van der Waals surface area contributed by atoms with E-state index in [-0.39, 0.29) is 5.54 Å². The van der Waals surface area contributed by atoms with Crippen molar-refractivity contribution in [3.63, 3.8) is 0 Å². The van der Waals surface area contributed by atoms with Crippen LogP contribution in [0.4, 0.5) is 0 Å². The Labute approximate surface area is 85.4 Å². The molecule has 0 saturated carbocycles. The molecule has 0 aliphatic rings. The monoisotopic (exact) mass is 187 g/mol. The van der Waals surface area contributed by atoms with Crippen molar-refractivity contribution in [2.45, 2.75) is 33.2 Å². The first-order chi connectivity index (χ1) is 6.50. The van der Waals surface area contributed by atoms with E-state index in [0.717, 1.165) is 0 Å². The lowest BCUT2D eigenvalue weighted by molar-refractivity contribution is 0.410. The topological polar surface area (TPSA) is 4.93 Å². The zero-order chi connectivity index (χ0) is 10.3. The molecule has 1 nitrogen and oxygen atoms in total. The van der Waals surface area contributed by atoms with Crippen molar-refractivity contribution in [3.05, 3.63) is 36.0 Å². The number of hydrogen-bond acceptors (Lipinski definition) is 0. The molecule has 1 aromatic heterocycles. The minimum Gasteiger partial charge on any atom is -0.342 e. The SMILES string of the molecule is Cc1cn(C(C)(C)C)c2ccccc12. The van der Waals surface area contributed by atoms with Gasteiger partial charge in [0, 0.05) is 22.6 Å². The van der Waals surface area contributed by atoms with Crippen LogP contribution in [-0.2, 0) is 5.54 Å². The van der Waals surface area contributed by atoms with Crippen LogP contribution in [0.25, 0.3) is 10.9 Å². The molecule has 1 heterocycles. The van der Waals surface area contributed by atoms with E-state index in [4.69, 9.17) is 0 Å². The van der Waals surface area contributed by atoms with Crippen molar-refractivity contribution in [2.75, 3.05) is 0 Å². The minimum atomic E-state index is 0.161. The molecule has 14 heavy (non-hydrogen) atoms. The quantitative estimate of drug-likeness (QED) is 0.592. The van der Waals surface area contributed by atoms with Crippen LogP contribution < -0.4 is 0 Å². The van der Waals surface area contributed by atoms with E-state index in [9.17, 15) is 0 Å². The van der Waals surface area contributed by atoms with Crippen LogP contribution in [0.3, 0.4) is 0 Å². The van der Waals surface area contributed by atoms with E-state index >= 15 is 0 Å². The number of benzene rings is 1. The fourth-order valence-electron chi connectivity index (χ4n) is 1.90. The summed E-state index contributed by atoms with van der Waals surface area (Å²) in [4.78, 5) is 0. The van der Waals surface area contributed by atoms with Crippen molar-refractivity contribution in [1.82, 2.24) is 4.57 Å². The van der Waals surface area contributed by atoms with Gasteiger partial charge in [-0.3, -0.25) is 0 Å². The largest absolute Gasteiger partial charge is 0.342 e. The summed E-state index contributed by atoms with van der Waals surface area (Å²) in [5, 5.41) is 1.36. The van der Waals surface area contributed by atoms with Crippen molar-refractivity contribution in [2.24, 2.45) is 0 Å². The first-order valence-electron chi connectivity index (χ1n) is 5.07. The highest BCUT2D eigenvalue weighted by atomic mass is 15.0. The van der Waals surface area contributed by atoms with Crippen LogP contribution in [0.2, 0.25) is 0 Å². The molecule has 1 aromatic carbocycles. The Morgan fingerprint density at radius 1 is 1.07 bits per heavy atom. The van der Waals surface area contributed by atoms with Crippen LogP contribution in [0.1, 0.15) is 26.3 Å². The molecular weight excluding hydrogens is 170 g/mol. The number of fused-ring (bicyclic) bond motifs is 1. The molecule has 74 valence electrons. The van der Waals surface area contributed by atoms with Crippen LogP contribution >= 0.6 is 0 Å². The Morgan fingerprint density at radius 2 is 1.71 bits per heavy atom. The molecule has 0 aliphatic heterocycles. The van der Waals surface area contributed by atoms with Crippen molar-refractivity contribution in [3.8, 4) is 0 Å². The Morgan fingerprint density at radius 3 is 2.36 bits per heavy atom. The second-order valence-corrected chi connectivity index (χ2v) is 4.87. The van der Waals surface area contributed by atoms with Crippen LogP contribution in [0.5, 0.6) is 0 Å². The number of rotatable bonds is 0. The van der Waals surface area contributed by atoms with Gasteiger partial charge in [0.25, 0.3) is 0 Å². The van der Waals surface area contributed by atoms with Gasteiger partial charge in [-0.15, -0.1) is 0 Å². The molecule has 0 bridgehead atoms. The minimum absolute atomic E-state index is 0.161. The number of hydrogen-bond donors (Lipinski definition) is 0. The van der Waals surface area contributed by atoms with Crippen LogP contribution in [0, 0.1) is 6.92 Å². The molecule has 0 saturated heterocycles. The molecule has 1 heteroatoms. The Balaban J connectivity index is 2.80. The lowest BCUT2D eigenvalue weighted by Gasteiger charge is -2.22. The predicted octanol–water partition coefficient (Wildman–Crippen LogP) is 3.70. The predicted molar refractivity (Wildman–Crippen MR) is 61.7 cm³/mol. The lowest BCUT2D eigenvalue weighted by Crippen LogP contribution is -2.20. The zero-order valence-electron chi connectivity index (χ0n) is 9.33. The van der Waals surface area contributed by atoms with Crippen molar-refractivity contribution in [1.29, 1.82) is 0 Å². The van der Waals surface area contributed by atoms with Gasteiger partial charge in [0.2, 0.25) is 0 Å². The lowest BCUT2D eigenvalue weighted by atomic mass is 10.1. The molecular formula is C13H17N. The normalized spacial score (nSPS) is 12.3. The molecule has 0 atom stereocenters. The van der Waals surface area contributed by atoms with E-state index < -0.39 is 0 Å². The summed E-state index contributed by atoms with van der Waals surface area (Å²) in [5.41, 5.74) is 2.85. The molecule has 2 aromatic rings. The highest BCUT2D eigenvalue weighted by Crippen LogP contribution is 2.26. The summed E-state index contributed by atoms with van der Waals surface area (Å²) in [6.45, 7) is 8.88. The Hall–Kier alpha value is -1.24. The maximum atomic E-state index is 2.34. The molecule has 0 radical (unpaired) electrons. The van der Waals surface area contributed by atoms with E-state index in [1.807, 2.05) is 0 Å². The van der Waals surface area contributed by atoms with Gasteiger partial charge in [-0.05, 0) is 39.3 Å². The molecule has 0 spiro atoms. The Kier molecular flexibility index (Phi) is 1.91. The van der Waals surface area contributed by atoms with Crippen molar-refractivity contribution < 1.29 is 0 Å². The fraction of sp³-hybridized carbons (Fsp3) is 0.385. The fourth-order valence-corrected chi connectivity index (χ4v) is 1.90. The first kappa shape index (κ1) is 9.32. The van der Waals surface area contributed by atoms with Gasteiger partial charge in [0.1, 0.15) is 0 Å². The summed E-state index contributed by atoms with van der Waals surface area (Å²) >= 11 is 0. The van der Waals surface area contributed by atoms with Gasteiger partial charge < -0.3 is 4.57 Å². The van der Waals surface area contributed by atoms with Gasteiger partial charge in [-0.25, -0.2) is 0 Å². The van der Waals surface area contributed by atoms with Crippen LogP contribution in [-0.4, -0.2) is 4.57 Å². The third kappa shape index (κ3) is 1.33. The van der Waals surface area contributed by atoms with Gasteiger partial charge in [-0.1, -0.05) is 18.2 Å². The Bertz CT molecular complexity index is 458. The maximum absolute atomic E-state index is 2.34. The third-order valence-electron chi connectivity index (χ3n) is 2.63. The average molecular weight is 187 g/mol. The molecule has 0 N–H and O–H groups in total. The van der Waals surface area contributed by atoms with Gasteiger partial charge in [-0.2, -0.15) is 0 Å². The average Bonchev–Trinajstić information content (AvgIpc) is 2.44. The highest BCUT2D eigenvalue weighted by molar-refractivity contribution is 5.83. The standard InChI is InChI=1S/C13H17N/c1-10-9-14(13(2,3)4)12-8-6-5-7-11(10)12/h5-9H,1-4H3. The van der Waals surface area contributed by atoms with Gasteiger partial charge in [0.15, 0.2) is 0 Å². The second-order valence-electron chi connectivity index (χ2n) is 4.87. The van der Waals surface area contributed by atoms with E-state index in [2.05, 4.69) is 62.7 Å². The smallest absolute Gasteiger partial charge is 0.0487 e. The zero-order valence-corrected chi connectivity index (χ0v) is 9.33. The molecule has 0 amide bonds. The third-order valence-corrected chi connectivity index (χ3v) is 2.63. The number of nitrogens with zero attached hydrogens (tertiary/aromatic N) is 1. The van der Waals surface area contributed by atoms with E-state index in [1.165, 1.54) is 16.5 Å². The summed E-state index contributed by atoms with van der Waals surface area (Å²) in [6, 6.07) is 8.58.